The molecule has 0 N–H and O–H groups in total. The molecule has 0 aliphatic carbocycles. The summed E-state index contributed by atoms with van der Waals surface area (Å²) < 4.78 is 0. The van der Waals surface area contributed by atoms with Crippen molar-refractivity contribution in [2.75, 3.05) is 0 Å². The lowest BCUT2D eigenvalue weighted by Crippen LogP contribution is -1.96. The van der Waals surface area contributed by atoms with Crippen LogP contribution in [0.15, 0.2) is 18.2 Å². The Morgan fingerprint density at radius 3 is 2.29 bits per heavy atom. The lowest BCUT2D eigenvalue weighted by Gasteiger charge is -1.97. The zero-order valence-corrected chi connectivity index (χ0v) is 8.43. The number of non-ortho nitro benzene ring substituents is 1. The Balaban J connectivity index is 3.27. The van der Waals surface area contributed by atoms with Gasteiger partial charge in [0.25, 0.3) is 11.4 Å². The van der Waals surface area contributed by atoms with E-state index in [2.05, 4.69) is 15.9 Å². The largest absolute Gasteiger partial charge is 0.280 e. The predicted octanol–water partition coefficient (Wildman–Crippen LogP) is 2.40. The van der Waals surface area contributed by atoms with Crippen molar-refractivity contribution in [3.63, 3.8) is 0 Å². The van der Waals surface area contributed by atoms with E-state index in [0.717, 1.165) is 6.07 Å². The Morgan fingerprint density at radius 1 is 1.21 bits per heavy atom. The monoisotopic (exact) mass is 260 g/mol. The highest BCUT2D eigenvalue weighted by atomic mass is 79.9. The molecule has 0 aliphatic rings. The molecule has 1 rings (SSSR count). The smallest absolute Gasteiger partial charge is 0.258 e. The van der Waals surface area contributed by atoms with Gasteiger partial charge in [0.2, 0.25) is 0 Å². The number of halogens is 1. The molecule has 6 nitrogen and oxygen atoms in total. The molecule has 7 heteroatoms. The van der Waals surface area contributed by atoms with Gasteiger partial charge in [0.15, 0.2) is 0 Å². The summed E-state index contributed by atoms with van der Waals surface area (Å²) in [5.74, 6) is 0. The fraction of sp³-hybridized carbons (Fsp3) is 0.143. The first kappa shape index (κ1) is 10.6. The van der Waals surface area contributed by atoms with Crippen LogP contribution in [-0.2, 0) is 5.33 Å². The van der Waals surface area contributed by atoms with Crippen LogP contribution >= 0.6 is 15.9 Å². The Morgan fingerprint density at radius 2 is 1.86 bits per heavy atom. The molecule has 0 saturated heterocycles. The standard InChI is InChI=1S/C7H5BrN2O4/c8-4-5-1-2-6(9(11)12)3-7(5)10(13)14/h1-3H,4H2. The molecular formula is C7H5BrN2O4. The number of benzene rings is 1. The van der Waals surface area contributed by atoms with Gasteiger partial charge in [0.1, 0.15) is 0 Å². The SMILES string of the molecule is O=[N+]([O-])c1ccc(CBr)c([N+](=O)[O-])c1. The van der Waals surface area contributed by atoms with Crippen molar-refractivity contribution in [3.8, 4) is 0 Å². The average Bonchev–Trinajstić information content (AvgIpc) is 2.16. The van der Waals surface area contributed by atoms with Crippen LogP contribution in [0.25, 0.3) is 0 Å². The van der Waals surface area contributed by atoms with Crippen molar-refractivity contribution in [1.82, 2.24) is 0 Å². The summed E-state index contributed by atoms with van der Waals surface area (Å²) >= 11 is 3.06. The van der Waals surface area contributed by atoms with Gasteiger partial charge < -0.3 is 0 Å². The molecule has 0 aromatic heterocycles. The Kier molecular flexibility index (Phi) is 3.13. The van der Waals surface area contributed by atoms with E-state index in [1.54, 1.807) is 0 Å². The summed E-state index contributed by atoms with van der Waals surface area (Å²) in [4.78, 5) is 19.6. The summed E-state index contributed by atoms with van der Waals surface area (Å²) in [6.07, 6.45) is 0. The minimum Gasteiger partial charge on any atom is -0.258 e. The number of nitro groups is 2. The first-order valence-corrected chi connectivity index (χ1v) is 4.66. The normalized spacial score (nSPS) is 9.79. The molecule has 1 aromatic rings. The number of hydrogen-bond acceptors (Lipinski definition) is 4. The molecule has 14 heavy (non-hydrogen) atoms. The van der Waals surface area contributed by atoms with Crippen molar-refractivity contribution in [2.45, 2.75) is 5.33 Å². The number of hydrogen-bond donors (Lipinski definition) is 0. The average molecular weight is 261 g/mol. The van der Waals surface area contributed by atoms with Crippen molar-refractivity contribution in [3.05, 3.63) is 44.0 Å². The Hall–Kier alpha value is -1.50. The van der Waals surface area contributed by atoms with Gasteiger partial charge in [-0.2, -0.15) is 0 Å². The molecular weight excluding hydrogens is 256 g/mol. The van der Waals surface area contributed by atoms with Gasteiger partial charge in [0.05, 0.1) is 15.9 Å². The van der Waals surface area contributed by atoms with Gasteiger partial charge in [-0.15, -0.1) is 0 Å². The minimum absolute atomic E-state index is 0.240. The summed E-state index contributed by atoms with van der Waals surface area (Å²) in [5.41, 5.74) is -0.0990. The number of alkyl halides is 1. The van der Waals surface area contributed by atoms with Crippen LogP contribution < -0.4 is 0 Å². The first-order chi connectivity index (χ1) is 6.56. The van der Waals surface area contributed by atoms with Crippen molar-refractivity contribution < 1.29 is 9.85 Å². The van der Waals surface area contributed by atoms with Crippen LogP contribution in [0.4, 0.5) is 11.4 Å². The summed E-state index contributed by atoms with van der Waals surface area (Å²) in [7, 11) is 0. The van der Waals surface area contributed by atoms with Gasteiger partial charge in [-0.3, -0.25) is 20.2 Å². The third-order valence-electron chi connectivity index (χ3n) is 1.62. The fourth-order valence-electron chi connectivity index (χ4n) is 0.949. The van der Waals surface area contributed by atoms with Crippen LogP contribution in [0.3, 0.4) is 0 Å². The topological polar surface area (TPSA) is 86.3 Å². The minimum atomic E-state index is -0.662. The predicted molar refractivity (Wildman–Crippen MR) is 52.4 cm³/mol. The van der Waals surface area contributed by atoms with Gasteiger partial charge in [-0.25, -0.2) is 0 Å². The molecule has 0 fully saturated rings. The second-order valence-electron chi connectivity index (χ2n) is 2.46. The Labute approximate surface area is 87.0 Å². The van der Waals surface area contributed by atoms with E-state index in [-0.39, 0.29) is 11.4 Å². The van der Waals surface area contributed by atoms with E-state index in [0.29, 0.717) is 10.9 Å². The van der Waals surface area contributed by atoms with Gasteiger partial charge >= 0.3 is 0 Å². The molecule has 0 radical (unpaired) electrons. The zero-order valence-electron chi connectivity index (χ0n) is 6.84. The number of nitrogens with zero attached hydrogens (tertiary/aromatic N) is 2. The van der Waals surface area contributed by atoms with Crippen LogP contribution in [0, 0.1) is 20.2 Å². The highest BCUT2D eigenvalue weighted by Crippen LogP contribution is 2.25. The number of nitro benzene ring substituents is 2. The van der Waals surface area contributed by atoms with Gasteiger partial charge in [-0.05, 0) is 6.07 Å². The maximum Gasteiger partial charge on any atom is 0.280 e. The highest BCUT2D eigenvalue weighted by molar-refractivity contribution is 9.08. The summed E-state index contributed by atoms with van der Waals surface area (Å²) in [6, 6.07) is 3.56. The molecule has 0 bridgehead atoms. The van der Waals surface area contributed by atoms with Crippen LogP contribution in [0.2, 0.25) is 0 Å². The third kappa shape index (κ3) is 2.05. The second-order valence-corrected chi connectivity index (χ2v) is 3.02. The van der Waals surface area contributed by atoms with E-state index < -0.39 is 9.85 Å². The molecule has 0 atom stereocenters. The molecule has 0 amide bonds. The zero-order chi connectivity index (χ0) is 10.7. The van der Waals surface area contributed by atoms with Crippen LogP contribution in [-0.4, -0.2) is 9.85 Å². The van der Waals surface area contributed by atoms with E-state index in [1.807, 2.05) is 0 Å². The van der Waals surface area contributed by atoms with E-state index in [9.17, 15) is 20.2 Å². The molecule has 0 heterocycles. The molecule has 0 saturated carbocycles. The van der Waals surface area contributed by atoms with Crippen LogP contribution in [0.5, 0.6) is 0 Å². The van der Waals surface area contributed by atoms with E-state index >= 15 is 0 Å². The van der Waals surface area contributed by atoms with Crippen molar-refractivity contribution >= 4 is 27.3 Å². The second kappa shape index (κ2) is 4.14. The lowest BCUT2D eigenvalue weighted by molar-refractivity contribution is -0.394. The molecule has 1 aromatic carbocycles. The van der Waals surface area contributed by atoms with E-state index in [1.165, 1.54) is 12.1 Å². The fourth-order valence-corrected chi connectivity index (χ4v) is 1.42. The molecule has 0 unspecified atom stereocenters. The molecule has 0 spiro atoms. The molecule has 74 valence electrons. The maximum absolute atomic E-state index is 10.5. The lowest BCUT2D eigenvalue weighted by atomic mass is 10.2. The summed E-state index contributed by atoms with van der Waals surface area (Å²) in [6.45, 7) is 0. The molecule has 0 aliphatic heterocycles. The number of rotatable bonds is 3. The highest BCUT2D eigenvalue weighted by Gasteiger charge is 2.17. The van der Waals surface area contributed by atoms with Gasteiger partial charge in [-0.1, -0.05) is 15.9 Å². The maximum atomic E-state index is 10.5. The van der Waals surface area contributed by atoms with Crippen molar-refractivity contribution in [2.24, 2.45) is 0 Å². The Bertz CT molecular complexity index is 393. The van der Waals surface area contributed by atoms with Gasteiger partial charge in [0, 0.05) is 17.0 Å². The first-order valence-electron chi connectivity index (χ1n) is 3.54. The summed E-state index contributed by atoms with van der Waals surface area (Å²) in [5, 5.41) is 21.2. The quantitative estimate of drug-likeness (QED) is 0.474. The third-order valence-corrected chi connectivity index (χ3v) is 2.22. The van der Waals surface area contributed by atoms with Crippen LogP contribution in [0.1, 0.15) is 5.56 Å². The van der Waals surface area contributed by atoms with E-state index in [4.69, 9.17) is 0 Å². The van der Waals surface area contributed by atoms with Crippen molar-refractivity contribution in [1.29, 1.82) is 0 Å².